The summed E-state index contributed by atoms with van der Waals surface area (Å²) in [7, 11) is 0. The number of allylic oxidation sites excluding steroid dienone is 24. The van der Waals surface area contributed by atoms with E-state index in [-0.39, 0.29) is 37.5 Å². The van der Waals surface area contributed by atoms with Gasteiger partial charge >= 0.3 is 17.9 Å². The van der Waals surface area contributed by atoms with Gasteiger partial charge in [0.15, 0.2) is 6.10 Å². The molecule has 0 heterocycles. The van der Waals surface area contributed by atoms with Crippen LogP contribution in [0.3, 0.4) is 0 Å². The van der Waals surface area contributed by atoms with Crippen molar-refractivity contribution in [3.05, 3.63) is 146 Å². The molecule has 1 unspecified atom stereocenters. The molecule has 0 radical (unpaired) electrons. The van der Waals surface area contributed by atoms with Crippen LogP contribution in [0.2, 0.25) is 0 Å². The standard InChI is InChI=1S/C77H126O6/c1-4-7-10-13-16-19-22-25-27-29-31-33-35-36-37-38-39-40-42-43-45-47-49-52-55-58-61-64-67-70-76(79)82-73-74(72-81-75(78)69-66-63-60-57-54-51-24-21-18-15-12-9-6-3)83-77(80)71-68-65-62-59-56-53-50-48-46-44-41-34-32-30-28-26-23-20-17-14-11-8-5-2/h7-12,16-21,25-28,31-34,51,54,60,63,74H,4-6,13-15,22-24,29-30,35-50,52-53,55-59,61-62,64-73H2,1-3H3/b10-7-,11-8-,12-9-,19-16-,20-17-,21-18-,27-25-,28-26-,33-31-,34-32-,54-51-,63-60-. The molecule has 0 aliphatic rings. The lowest BCUT2D eigenvalue weighted by Crippen LogP contribution is -2.30. The minimum atomic E-state index is -0.815. The van der Waals surface area contributed by atoms with Gasteiger partial charge in [-0.05, 0) is 122 Å². The van der Waals surface area contributed by atoms with Crippen LogP contribution < -0.4 is 0 Å². The SMILES string of the molecule is CC/C=C\C/C=C\C/C=C\C/C=C\CCCCCCCCCCCCCCCCCCC(=O)OCC(COC(=O)CC/C=C\C/C=C\C/C=C\C/C=C\CC)OC(=O)CCCCCCCCCCCC/C=C\C/C=C\C/C=C\C/C=C\CC. The molecule has 0 aromatic heterocycles. The normalized spacial score (nSPS) is 13.0. The highest BCUT2D eigenvalue weighted by atomic mass is 16.6. The number of hydrogen-bond acceptors (Lipinski definition) is 6. The van der Waals surface area contributed by atoms with E-state index in [1.165, 1.54) is 141 Å². The maximum atomic E-state index is 12.9. The molecule has 0 N–H and O–H groups in total. The highest BCUT2D eigenvalue weighted by molar-refractivity contribution is 5.71. The Morgan fingerprint density at radius 3 is 0.747 bits per heavy atom. The minimum Gasteiger partial charge on any atom is -0.462 e. The van der Waals surface area contributed by atoms with E-state index in [0.717, 1.165) is 116 Å². The summed E-state index contributed by atoms with van der Waals surface area (Å²) >= 11 is 0. The average Bonchev–Trinajstić information content (AvgIpc) is 3.49. The third-order valence-corrected chi connectivity index (χ3v) is 14.3. The number of hydrogen-bond donors (Lipinski definition) is 0. The van der Waals surface area contributed by atoms with E-state index < -0.39 is 6.10 Å². The van der Waals surface area contributed by atoms with Gasteiger partial charge in [-0.2, -0.15) is 0 Å². The maximum Gasteiger partial charge on any atom is 0.306 e. The Morgan fingerprint density at radius 2 is 0.458 bits per heavy atom. The van der Waals surface area contributed by atoms with Crippen LogP contribution in [0.1, 0.15) is 303 Å². The van der Waals surface area contributed by atoms with E-state index in [9.17, 15) is 14.4 Å². The summed E-state index contributed by atoms with van der Waals surface area (Å²) in [4.78, 5) is 38.4. The van der Waals surface area contributed by atoms with Crippen molar-refractivity contribution in [1.29, 1.82) is 0 Å². The number of esters is 3. The molecular weight excluding hydrogens is 1020 g/mol. The molecule has 0 fully saturated rings. The molecule has 0 aliphatic carbocycles. The first-order chi connectivity index (χ1) is 41.0. The lowest BCUT2D eigenvalue weighted by molar-refractivity contribution is -0.166. The lowest BCUT2D eigenvalue weighted by atomic mass is 10.0. The zero-order valence-corrected chi connectivity index (χ0v) is 53.9. The number of carbonyl (C=O) groups is 3. The Balaban J connectivity index is 4.31. The number of carbonyl (C=O) groups excluding carboxylic acids is 3. The predicted molar refractivity (Wildman–Crippen MR) is 362 cm³/mol. The third kappa shape index (κ3) is 68.0. The Kier molecular flexibility index (Phi) is 65.8. The van der Waals surface area contributed by atoms with Gasteiger partial charge < -0.3 is 14.2 Å². The molecule has 0 aromatic rings. The van der Waals surface area contributed by atoms with E-state index in [0.29, 0.717) is 19.3 Å². The zero-order chi connectivity index (χ0) is 59.9. The average molecular weight is 1150 g/mol. The van der Waals surface area contributed by atoms with Crippen molar-refractivity contribution in [2.45, 2.75) is 309 Å². The Labute approximate surface area is 512 Å². The molecule has 0 saturated carbocycles. The van der Waals surface area contributed by atoms with Gasteiger partial charge in [-0.25, -0.2) is 0 Å². The van der Waals surface area contributed by atoms with Crippen LogP contribution in [0.25, 0.3) is 0 Å². The van der Waals surface area contributed by atoms with Crippen molar-refractivity contribution in [3.63, 3.8) is 0 Å². The fourth-order valence-corrected chi connectivity index (χ4v) is 9.32. The Hall–Kier alpha value is -4.71. The van der Waals surface area contributed by atoms with Crippen LogP contribution in [0.5, 0.6) is 0 Å². The van der Waals surface area contributed by atoms with Crippen LogP contribution in [0, 0.1) is 0 Å². The van der Waals surface area contributed by atoms with E-state index in [1.54, 1.807) is 0 Å². The van der Waals surface area contributed by atoms with Crippen LogP contribution in [-0.4, -0.2) is 37.2 Å². The largest absolute Gasteiger partial charge is 0.462 e. The molecule has 0 aromatic carbocycles. The van der Waals surface area contributed by atoms with Crippen molar-refractivity contribution >= 4 is 17.9 Å². The topological polar surface area (TPSA) is 78.9 Å². The van der Waals surface area contributed by atoms with Crippen molar-refractivity contribution in [3.8, 4) is 0 Å². The van der Waals surface area contributed by atoms with E-state index >= 15 is 0 Å². The second-order valence-corrected chi connectivity index (χ2v) is 22.3. The van der Waals surface area contributed by atoms with Crippen LogP contribution in [0.4, 0.5) is 0 Å². The molecule has 6 nitrogen and oxygen atoms in total. The molecule has 470 valence electrons. The highest BCUT2D eigenvalue weighted by Crippen LogP contribution is 2.17. The monoisotopic (exact) mass is 1150 g/mol. The summed E-state index contributed by atoms with van der Waals surface area (Å²) in [6.07, 6.45) is 100. The molecule has 0 aliphatic heterocycles. The second-order valence-electron chi connectivity index (χ2n) is 22.3. The Bertz CT molecular complexity index is 1800. The maximum absolute atomic E-state index is 12.9. The van der Waals surface area contributed by atoms with Gasteiger partial charge in [0.05, 0.1) is 0 Å². The predicted octanol–water partition coefficient (Wildman–Crippen LogP) is 23.9. The quantitative estimate of drug-likeness (QED) is 0.0261. The lowest BCUT2D eigenvalue weighted by Gasteiger charge is -2.18. The van der Waals surface area contributed by atoms with Gasteiger partial charge in [0.2, 0.25) is 0 Å². The fourth-order valence-electron chi connectivity index (χ4n) is 9.32. The van der Waals surface area contributed by atoms with Gasteiger partial charge in [0.1, 0.15) is 13.2 Å². The molecule has 0 rings (SSSR count). The Morgan fingerprint density at radius 1 is 0.241 bits per heavy atom. The number of ether oxygens (including phenoxy) is 3. The van der Waals surface area contributed by atoms with Crippen LogP contribution in [0.15, 0.2) is 146 Å². The number of unbranched alkanes of at least 4 members (excludes halogenated alkanes) is 26. The van der Waals surface area contributed by atoms with Gasteiger partial charge in [-0.1, -0.05) is 308 Å². The van der Waals surface area contributed by atoms with Crippen molar-refractivity contribution in [2.24, 2.45) is 0 Å². The summed E-state index contributed by atoms with van der Waals surface area (Å²) in [6.45, 7) is 6.25. The molecule has 0 saturated heterocycles. The van der Waals surface area contributed by atoms with Gasteiger partial charge in [0, 0.05) is 19.3 Å². The van der Waals surface area contributed by atoms with Gasteiger partial charge in [-0.15, -0.1) is 0 Å². The van der Waals surface area contributed by atoms with Gasteiger partial charge in [0.25, 0.3) is 0 Å². The minimum absolute atomic E-state index is 0.104. The summed E-state index contributed by atoms with van der Waals surface area (Å²) in [5, 5.41) is 0. The molecule has 6 heteroatoms. The molecule has 0 amide bonds. The smallest absolute Gasteiger partial charge is 0.306 e. The molecular formula is C77H126O6. The highest BCUT2D eigenvalue weighted by Gasteiger charge is 2.19. The first kappa shape index (κ1) is 78.3. The van der Waals surface area contributed by atoms with Crippen LogP contribution in [-0.2, 0) is 28.6 Å². The van der Waals surface area contributed by atoms with E-state index in [4.69, 9.17) is 14.2 Å². The van der Waals surface area contributed by atoms with Gasteiger partial charge in [-0.3, -0.25) is 14.4 Å². The fraction of sp³-hybridized carbons (Fsp3) is 0.649. The molecule has 83 heavy (non-hydrogen) atoms. The van der Waals surface area contributed by atoms with Crippen molar-refractivity contribution in [2.75, 3.05) is 13.2 Å². The van der Waals surface area contributed by atoms with E-state index in [2.05, 4.69) is 161 Å². The zero-order valence-electron chi connectivity index (χ0n) is 53.9. The van der Waals surface area contributed by atoms with E-state index in [1.807, 2.05) is 6.08 Å². The van der Waals surface area contributed by atoms with Crippen molar-refractivity contribution < 1.29 is 28.6 Å². The third-order valence-electron chi connectivity index (χ3n) is 14.3. The second kappa shape index (κ2) is 69.8. The molecule has 1 atom stereocenters. The summed E-state index contributed by atoms with van der Waals surface area (Å²) in [6, 6.07) is 0. The molecule has 0 spiro atoms. The first-order valence-corrected chi connectivity index (χ1v) is 34.3. The molecule has 0 bridgehead atoms. The van der Waals surface area contributed by atoms with Crippen molar-refractivity contribution in [1.82, 2.24) is 0 Å². The first-order valence-electron chi connectivity index (χ1n) is 34.3. The number of rotatable bonds is 61. The summed E-state index contributed by atoms with van der Waals surface area (Å²) in [5.41, 5.74) is 0. The summed E-state index contributed by atoms with van der Waals surface area (Å²) in [5.74, 6) is -0.989. The summed E-state index contributed by atoms with van der Waals surface area (Å²) < 4.78 is 16.9. The van der Waals surface area contributed by atoms with Crippen LogP contribution >= 0.6 is 0 Å².